The maximum atomic E-state index is 12.0. The number of carbonyl (C=O) groups is 1. The van der Waals surface area contributed by atoms with Crippen molar-refractivity contribution in [1.29, 1.82) is 0 Å². The molecule has 21 heavy (non-hydrogen) atoms. The highest BCUT2D eigenvalue weighted by molar-refractivity contribution is 6.33. The topological polar surface area (TPSA) is 70.7 Å². The number of nitrogens with one attached hydrogen (secondary N) is 2. The number of rotatable bonds is 3. The van der Waals surface area contributed by atoms with Crippen LogP contribution in [0.15, 0.2) is 54.9 Å². The molecule has 5 nitrogen and oxygen atoms in total. The summed E-state index contributed by atoms with van der Waals surface area (Å²) in [4.78, 5) is 16.3. The number of nitrogens with zero attached hydrogens (tertiary/aromatic N) is 2. The monoisotopic (exact) mass is 298 g/mol. The first-order valence-corrected chi connectivity index (χ1v) is 6.64. The molecule has 0 aliphatic rings. The van der Waals surface area contributed by atoms with Crippen molar-refractivity contribution in [2.24, 2.45) is 0 Å². The number of hydrogen-bond acceptors (Lipinski definition) is 3. The van der Waals surface area contributed by atoms with Gasteiger partial charge in [-0.05, 0) is 24.3 Å². The quantitative estimate of drug-likeness (QED) is 0.778. The van der Waals surface area contributed by atoms with Gasteiger partial charge in [0, 0.05) is 29.6 Å². The lowest BCUT2D eigenvalue weighted by Gasteiger charge is -2.05. The van der Waals surface area contributed by atoms with Crippen LogP contribution in [0.1, 0.15) is 10.4 Å². The zero-order chi connectivity index (χ0) is 14.7. The molecular formula is C15H11ClN4O. The van der Waals surface area contributed by atoms with E-state index >= 15 is 0 Å². The van der Waals surface area contributed by atoms with Gasteiger partial charge in [-0.15, -0.1) is 0 Å². The number of aromatic amines is 1. The predicted molar refractivity (Wildman–Crippen MR) is 81.2 cm³/mol. The standard InChI is InChI=1S/C15H11ClN4O/c16-12-2-1-8-17-14(12)10-3-5-11(6-4-10)15(21)19-13-7-9-18-20-13/h1-9H,(H2,18,19,20,21). The molecule has 0 aliphatic heterocycles. The Labute approximate surface area is 126 Å². The Morgan fingerprint density at radius 2 is 1.95 bits per heavy atom. The van der Waals surface area contributed by atoms with Gasteiger partial charge >= 0.3 is 0 Å². The predicted octanol–water partition coefficient (Wildman–Crippen LogP) is 3.38. The summed E-state index contributed by atoms with van der Waals surface area (Å²) < 4.78 is 0. The zero-order valence-electron chi connectivity index (χ0n) is 10.9. The van der Waals surface area contributed by atoms with E-state index in [1.807, 2.05) is 12.1 Å². The first-order valence-electron chi connectivity index (χ1n) is 6.26. The van der Waals surface area contributed by atoms with E-state index in [2.05, 4.69) is 20.5 Å². The molecule has 0 spiro atoms. The van der Waals surface area contributed by atoms with Crippen molar-refractivity contribution in [3.05, 3.63) is 65.4 Å². The number of halogens is 1. The Bertz CT molecular complexity index is 754. The lowest BCUT2D eigenvalue weighted by atomic mass is 10.1. The fourth-order valence-electron chi connectivity index (χ4n) is 1.90. The first kappa shape index (κ1) is 13.3. The van der Waals surface area contributed by atoms with Gasteiger partial charge in [0.25, 0.3) is 5.91 Å². The normalized spacial score (nSPS) is 10.3. The van der Waals surface area contributed by atoms with Crippen molar-refractivity contribution in [1.82, 2.24) is 15.2 Å². The number of anilines is 1. The van der Waals surface area contributed by atoms with E-state index < -0.39 is 0 Å². The van der Waals surface area contributed by atoms with Crippen LogP contribution in [0.3, 0.4) is 0 Å². The first-order chi connectivity index (χ1) is 10.2. The minimum atomic E-state index is -0.222. The average Bonchev–Trinajstić information content (AvgIpc) is 3.01. The summed E-state index contributed by atoms with van der Waals surface area (Å²) in [6, 6.07) is 12.3. The van der Waals surface area contributed by atoms with Crippen LogP contribution in [0.25, 0.3) is 11.3 Å². The van der Waals surface area contributed by atoms with E-state index in [0.29, 0.717) is 22.1 Å². The number of aromatic nitrogens is 3. The van der Waals surface area contributed by atoms with Crippen LogP contribution in [0.2, 0.25) is 5.02 Å². The van der Waals surface area contributed by atoms with Gasteiger partial charge in [-0.2, -0.15) is 5.10 Å². The second-order valence-corrected chi connectivity index (χ2v) is 4.73. The zero-order valence-corrected chi connectivity index (χ0v) is 11.6. The second-order valence-electron chi connectivity index (χ2n) is 4.32. The fourth-order valence-corrected chi connectivity index (χ4v) is 2.13. The molecule has 0 aliphatic carbocycles. The summed E-state index contributed by atoms with van der Waals surface area (Å²) in [6.45, 7) is 0. The Hall–Kier alpha value is -2.66. The lowest BCUT2D eigenvalue weighted by Crippen LogP contribution is -2.11. The molecule has 0 radical (unpaired) electrons. The smallest absolute Gasteiger partial charge is 0.256 e. The lowest BCUT2D eigenvalue weighted by molar-refractivity contribution is 0.102. The minimum Gasteiger partial charge on any atom is -0.305 e. The Balaban J connectivity index is 1.81. The summed E-state index contributed by atoms with van der Waals surface area (Å²) in [6.07, 6.45) is 3.32. The van der Waals surface area contributed by atoms with Gasteiger partial charge in [0.05, 0.1) is 10.7 Å². The van der Waals surface area contributed by atoms with E-state index in [4.69, 9.17) is 11.6 Å². The summed E-state index contributed by atoms with van der Waals surface area (Å²) in [5.74, 6) is 0.262. The second kappa shape index (κ2) is 5.76. The van der Waals surface area contributed by atoms with Crippen molar-refractivity contribution in [2.45, 2.75) is 0 Å². The van der Waals surface area contributed by atoms with Gasteiger partial charge in [0.1, 0.15) is 0 Å². The molecule has 1 aromatic carbocycles. The highest BCUT2D eigenvalue weighted by Crippen LogP contribution is 2.25. The molecule has 104 valence electrons. The van der Waals surface area contributed by atoms with Crippen LogP contribution in [0.4, 0.5) is 5.82 Å². The van der Waals surface area contributed by atoms with Gasteiger partial charge in [-0.25, -0.2) is 0 Å². The van der Waals surface area contributed by atoms with E-state index in [-0.39, 0.29) is 5.91 Å². The van der Waals surface area contributed by atoms with Crippen LogP contribution in [0, 0.1) is 0 Å². The van der Waals surface area contributed by atoms with Crippen molar-refractivity contribution >= 4 is 23.3 Å². The molecule has 2 N–H and O–H groups in total. The molecule has 1 amide bonds. The largest absolute Gasteiger partial charge is 0.305 e. The van der Waals surface area contributed by atoms with Gasteiger partial charge in [0.2, 0.25) is 0 Å². The van der Waals surface area contributed by atoms with Crippen LogP contribution in [-0.4, -0.2) is 21.1 Å². The van der Waals surface area contributed by atoms with E-state index in [1.165, 1.54) is 0 Å². The van der Waals surface area contributed by atoms with Crippen molar-refractivity contribution in [3.63, 3.8) is 0 Å². The number of H-pyrrole nitrogens is 1. The van der Waals surface area contributed by atoms with Crippen molar-refractivity contribution < 1.29 is 4.79 Å². The molecular weight excluding hydrogens is 288 g/mol. The molecule has 2 aromatic heterocycles. The SMILES string of the molecule is O=C(Nc1cc[nH]n1)c1ccc(-c2ncccc2Cl)cc1. The molecule has 0 bridgehead atoms. The molecule has 6 heteroatoms. The summed E-state index contributed by atoms with van der Waals surface area (Å²) in [5, 5.41) is 9.77. The number of amides is 1. The number of benzene rings is 1. The molecule has 0 fully saturated rings. The maximum Gasteiger partial charge on any atom is 0.256 e. The molecule has 3 aromatic rings. The maximum absolute atomic E-state index is 12.0. The molecule has 0 unspecified atom stereocenters. The van der Waals surface area contributed by atoms with Crippen LogP contribution < -0.4 is 5.32 Å². The van der Waals surface area contributed by atoms with Crippen molar-refractivity contribution in [2.75, 3.05) is 5.32 Å². The minimum absolute atomic E-state index is 0.222. The average molecular weight is 299 g/mol. The highest BCUT2D eigenvalue weighted by atomic mass is 35.5. The van der Waals surface area contributed by atoms with Gasteiger partial charge in [-0.3, -0.25) is 14.9 Å². The summed E-state index contributed by atoms with van der Waals surface area (Å²) in [5.41, 5.74) is 2.09. The molecule has 3 rings (SSSR count). The third-order valence-corrected chi connectivity index (χ3v) is 3.23. The van der Waals surface area contributed by atoms with Gasteiger partial charge in [-0.1, -0.05) is 23.7 Å². The number of hydrogen-bond donors (Lipinski definition) is 2. The third kappa shape index (κ3) is 2.93. The summed E-state index contributed by atoms with van der Waals surface area (Å²) in [7, 11) is 0. The number of carbonyl (C=O) groups excluding carboxylic acids is 1. The van der Waals surface area contributed by atoms with Crippen LogP contribution >= 0.6 is 11.6 Å². The Morgan fingerprint density at radius 3 is 2.62 bits per heavy atom. The fraction of sp³-hybridized carbons (Fsp3) is 0. The molecule has 2 heterocycles. The highest BCUT2D eigenvalue weighted by Gasteiger charge is 2.09. The molecule has 0 atom stereocenters. The van der Waals surface area contributed by atoms with Crippen molar-refractivity contribution in [3.8, 4) is 11.3 Å². The van der Waals surface area contributed by atoms with E-state index in [1.54, 1.807) is 42.7 Å². The molecule has 0 saturated heterocycles. The Morgan fingerprint density at radius 1 is 1.14 bits per heavy atom. The summed E-state index contributed by atoms with van der Waals surface area (Å²) >= 11 is 6.10. The molecule has 0 saturated carbocycles. The van der Waals surface area contributed by atoms with Crippen LogP contribution in [0.5, 0.6) is 0 Å². The van der Waals surface area contributed by atoms with Gasteiger partial charge in [0.15, 0.2) is 5.82 Å². The van der Waals surface area contributed by atoms with E-state index in [0.717, 1.165) is 5.56 Å². The Kier molecular flexibility index (Phi) is 3.66. The van der Waals surface area contributed by atoms with E-state index in [9.17, 15) is 4.79 Å². The van der Waals surface area contributed by atoms with Gasteiger partial charge < -0.3 is 5.32 Å². The number of pyridine rings is 1. The third-order valence-electron chi connectivity index (χ3n) is 2.92. The van der Waals surface area contributed by atoms with Crippen LogP contribution in [-0.2, 0) is 0 Å².